The first-order chi connectivity index (χ1) is 10.2. The van der Waals surface area contributed by atoms with Crippen LogP contribution in [0.1, 0.15) is 12.8 Å². The predicted octanol–water partition coefficient (Wildman–Crippen LogP) is 1.16. The molecule has 1 saturated heterocycles. The van der Waals surface area contributed by atoms with Crippen LogP contribution < -0.4 is 10.2 Å². The highest BCUT2D eigenvalue weighted by Gasteiger charge is 2.22. The Kier molecular flexibility index (Phi) is 3.57. The number of H-pyrrole nitrogens is 1. The van der Waals surface area contributed by atoms with Crippen LogP contribution in [0.3, 0.4) is 0 Å². The number of nitrogens with zero attached hydrogens (tertiary/aromatic N) is 4. The van der Waals surface area contributed by atoms with Gasteiger partial charge in [-0.2, -0.15) is 4.98 Å². The van der Waals surface area contributed by atoms with Gasteiger partial charge >= 0.3 is 5.88 Å². The Morgan fingerprint density at radius 2 is 2.24 bits per heavy atom. The molecule has 1 aliphatic heterocycles. The van der Waals surface area contributed by atoms with Gasteiger partial charge in [0, 0.05) is 19.1 Å². The molecule has 3 heterocycles. The van der Waals surface area contributed by atoms with Crippen LogP contribution in [0.25, 0.3) is 11.6 Å². The predicted molar refractivity (Wildman–Crippen MR) is 75.0 cm³/mol. The van der Waals surface area contributed by atoms with Crippen LogP contribution in [0.5, 0.6) is 0 Å². The number of hydrogen-bond donors (Lipinski definition) is 2. The van der Waals surface area contributed by atoms with Gasteiger partial charge in [-0.1, -0.05) is 0 Å². The molecular formula is C12H16N6O3. The molecule has 21 heavy (non-hydrogen) atoms. The highest BCUT2D eigenvalue weighted by atomic mass is 16.6. The Morgan fingerprint density at radius 1 is 1.48 bits per heavy atom. The molecule has 0 bridgehead atoms. The van der Waals surface area contributed by atoms with E-state index < -0.39 is 4.92 Å². The van der Waals surface area contributed by atoms with Gasteiger partial charge in [0.05, 0.1) is 6.07 Å². The monoisotopic (exact) mass is 292 g/mol. The second-order valence-electron chi connectivity index (χ2n) is 4.93. The summed E-state index contributed by atoms with van der Waals surface area (Å²) in [6.45, 7) is 1.75. The molecule has 1 fully saturated rings. The molecule has 0 radical (unpaired) electrons. The lowest BCUT2D eigenvalue weighted by Crippen LogP contribution is -2.41. The second-order valence-corrected chi connectivity index (χ2v) is 4.93. The Balaban J connectivity index is 1.72. The van der Waals surface area contributed by atoms with Crippen molar-refractivity contribution in [2.24, 2.45) is 0 Å². The first-order valence-electron chi connectivity index (χ1n) is 6.76. The number of aromatic amines is 1. The van der Waals surface area contributed by atoms with E-state index in [2.05, 4.69) is 25.4 Å². The average molecular weight is 292 g/mol. The maximum atomic E-state index is 10.6. The van der Waals surface area contributed by atoms with Gasteiger partial charge in [0.2, 0.25) is 5.95 Å². The number of nitro groups is 1. The van der Waals surface area contributed by atoms with Crippen molar-refractivity contribution in [3.05, 3.63) is 22.2 Å². The van der Waals surface area contributed by atoms with Crippen LogP contribution in [0, 0.1) is 10.1 Å². The number of furan rings is 1. The van der Waals surface area contributed by atoms with E-state index in [9.17, 15) is 10.1 Å². The molecule has 0 saturated carbocycles. The minimum absolute atomic E-state index is 0.308. The van der Waals surface area contributed by atoms with Crippen molar-refractivity contribution < 1.29 is 9.34 Å². The van der Waals surface area contributed by atoms with Gasteiger partial charge in [0.15, 0.2) is 11.6 Å². The number of nitrogens with one attached hydrogen (secondary N) is 2. The lowest BCUT2D eigenvalue weighted by atomic mass is 10.1. The fourth-order valence-corrected chi connectivity index (χ4v) is 2.43. The summed E-state index contributed by atoms with van der Waals surface area (Å²) in [5, 5.41) is 20.8. The number of anilines is 1. The number of piperidine rings is 1. The van der Waals surface area contributed by atoms with Gasteiger partial charge in [-0.15, -0.1) is 5.10 Å². The topological polar surface area (TPSA) is 113 Å². The minimum atomic E-state index is -0.580. The maximum absolute atomic E-state index is 10.6. The van der Waals surface area contributed by atoms with E-state index >= 15 is 0 Å². The molecule has 1 aliphatic rings. The second kappa shape index (κ2) is 5.52. The molecule has 0 unspecified atom stereocenters. The fourth-order valence-electron chi connectivity index (χ4n) is 2.43. The Morgan fingerprint density at radius 3 is 2.86 bits per heavy atom. The molecule has 0 aliphatic carbocycles. The van der Waals surface area contributed by atoms with E-state index in [4.69, 9.17) is 4.42 Å². The lowest BCUT2D eigenvalue weighted by molar-refractivity contribution is -0.401. The van der Waals surface area contributed by atoms with Crippen molar-refractivity contribution in [2.75, 3.05) is 25.0 Å². The van der Waals surface area contributed by atoms with E-state index in [0.717, 1.165) is 25.9 Å². The number of rotatable bonds is 4. The summed E-state index contributed by atoms with van der Waals surface area (Å²) in [5.41, 5.74) is 0. The van der Waals surface area contributed by atoms with Crippen molar-refractivity contribution in [3.63, 3.8) is 0 Å². The Hall–Kier alpha value is -2.42. The van der Waals surface area contributed by atoms with Gasteiger partial charge in [-0.25, -0.2) is 0 Å². The number of aromatic nitrogens is 3. The smallest absolute Gasteiger partial charge is 0.397 e. The van der Waals surface area contributed by atoms with Gasteiger partial charge in [0.25, 0.3) is 0 Å². The maximum Gasteiger partial charge on any atom is 0.433 e. The molecule has 3 rings (SSSR count). The van der Waals surface area contributed by atoms with Crippen LogP contribution in [-0.4, -0.2) is 46.3 Å². The van der Waals surface area contributed by atoms with Crippen molar-refractivity contribution in [1.82, 2.24) is 20.5 Å². The molecule has 0 atom stereocenters. The summed E-state index contributed by atoms with van der Waals surface area (Å²) < 4.78 is 5.10. The van der Waals surface area contributed by atoms with Crippen molar-refractivity contribution in [1.29, 1.82) is 0 Å². The summed E-state index contributed by atoms with van der Waals surface area (Å²) in [5.74, 6) is 0.996. The Labute approximate surface area is 120 Å². The standard InChI is InChI=1S/C12H16N6O3/c1-13-8-4-6-17(7-5-8)12-14-11(15-16-12)9-2-3-10(21-9)18(19)20/h2-3,8,13H,4-7H2,1H3,(H,14,15,16). The zero-order valence-electron chi connectivity index (χ0n) is 11.6. The summed E-state index contributed by atoms with van der Waals surface area (Å²) in [6.07, 6.45) is 2.07. The summed E-state index contributed by atoms with van der Waals surface area (Å²) in [6, 6.07) is 3.35. The van der Waals surface area contributed by atoms with E-state index in [1.807, 2.05) is 7.05 Å². The largest absolute Gasteiger partial charge is 0.433 e. The zero-order chi connectivity index (χ0) is 14.8. The highest BCUT2D eigenvalue weighted by molar-refractivity contribution is 5.51. The molecule has 0 amide bonds. The zero-order valence-corrected chi connectivity index (χ0v) is 11.6. The van der Waals surface area contributed by atoms with Crippen LogP contribution in [-0.2, 0) is 0 Å². The summed E-state index contributed by atoms with van der Waals surface area (Å²) >= 11 is 0. The quantitative estimate of drug-likeness (QED) is 0.642. The molecule has 0 aromatic carbocycles. The molecular weight excluding hydrogens is 276 g/mol. The van der Waals surface area contributed by atoms with E-state index in [1.165, 1.54) is 12.1 Å². The molecule has 9 nitrogen and oxygen atoms in total. The summed E-state index contributed by atoms with van der Waals surface area (Å²) in [7, 11) is 1.97. The number of hydrogen-bond acceptors (Lipinski definition) is 7. The molecule has 9 heteroatoms. The third kappa shape index (κ3) is 2.72. The minimum Gasteiger partial charge on any atom is -0.397 e. The first kappa shape index (κ1) is 13.6. The Bertz CT molecular complexity index is 628. The van der Waals surface area contributed by atoms with Crippen LogP contribution in [0.2, 0.25) is 0 Å². The van der Waals surface area contributed by atoms with Crippen LogP contribution in [0.15, 0.2) is 16.5 Å². The van der Waals surface area contributed by atoms with E-state index in [0.29, 0.717) is 23.6 Å². The fraction of sp³-hybridized carbons (Fsp3) is 0.500. The normalized spacial score (nSPS) is 16.3. The molecule has 2 aromatic rings. The van der Waals surface area contributed by atoms with E-state index in [1.54, 1.807) is 0 Å². The van der Waals surface area contributed by atoms with Gasteiger partial charge in [-0.3, -0.25) is 15.2 Å². The van der Waals surface area contributed by atoms with E-state index in [-0.39, 0.29) is 5.88 Å². The summed E-state index contributed by atoms with van der Waals surface area (Å²) in [4.78, 5) is 16.5. The third-order valence-electron chi connectivity index (χ3n) is 3.66. The van der Waals surface area contributed by atoms with Crippen molar-refractivity contribution in [2.45, 2.75) is 18.9 Å². The third-order valence-corrected chi connectivity index (χ3v) is 3.66. The SMILES string of the molecule is CNC1CCN(c2n[nH]c(-c3ccc([N+](=O)[O-])o3)n2)CC1. The van der Waals surface area contributed by atoms with Crippen molar-refractivity contribution >= 4 is 11.8 Å². The molecule has 2 aromatic heterocycles. The van der Waals surface area contributed by atoms with Gasteiger partial charge < -0.3 is 14.6 Å². The van der Waals surface area contributed by atoms with Crippen LogP contribution >= 0.6 is 0 Å². The highest BCUT2D eigenvalue weighted by Crippen LogP contribution is 2.25. The average Bonchev–Trinajstić information content (AvgIpc) is 3.16. The first-order valence-corrected chi connectivity index (χ1v) is 6.76. The van der Waals surface area contributed by atoms with Crippen molar-refractivity contribution in [3.8, 4) is 11.6 Å². The van der Waals surface area contributed by atoms with Gasteiger partial charge in [0.1, 0.15) is 4.92 Å². The molecule has 2 N–H and O–H groups in total. The lowest BCUT2D eigenvalue weighted by Gasteiger charge is -2.30. The van der Waals surface area contributed by atoms with Gasteiger partial charge in [-0.05, 0) is 26.0 Å². The molecule has 112 valence electrons. The van der Waals surface area contributed by atoms with Crippen LogP contribution in [0.4, 0.5) is 11.8 Å². The molecule has 0 spiro atoms.